The van der Waals surface area contributed by atoms with E-state index in [-0.39, 0.29) is 12.5 Å². The number of carbonyl (C=O) groups excluding carboxylic acids is 1. The van der Waals surface area contributed by atoms with E-state index in [1.807, 2.05) is 6.08 Å². The van der Waals surface area contributed by atoms with E-state index < -0.39 is 12.1 Å². The fourth-order valence-corrected chi connectivity index (χ4v) is 6.73. The lowest BCUT2D eigenvalue weighted by Gasteiger charge is -2.19. The second-order valence-corrected chi connectivity index (χ2v) is 15.4. The van der Waals surface area contributed by atoms with Crippen molar-refractivity contribution >= 4 is 5.91 Å². The van der Waals surface area contributed by atoms with Gasteiger partial charge in [-0.15, -0.1) is 0 Å². The number of nitrogens with one attached hydrogen (secondary N) is 1. The molecular formula is C48H89NO3. The van der Waals surface area contributed by atoms with Crippen molar-refractivity contribution in [1.29, 1.82) is 0 Å². The van der Waals surface area contributed by atoms with Crippen LogP contribution in [0.3, 0.4) is 0 Å². The molecule has 0 radical (unpaired) electrons. The van der Waals surface area contributed by atoms with Gasteiger partial charge in [0.05, 0.1) is 18.8 Å². The van der Waals surface area contributed by atoms with Gasteiger partial charge in [-0.05, 0) is 70.6 Å². The van der Waals surface area contributed by atoms with Crippen molar-refractivity contribution in [3.05, 3.63) is 48.6 Å². The second-order valence-electron chi connectivity index (χ2n) is 15.4. The summed E-state index contributed by atoms with van der Waals surface area (Å²) < 4.78 is 0. The van der Waals surface area contributed by atoms with E-state index >= 15 is 0 Å². The maximum absolute atomic E-state index is 12.4. The molecule has 0 aliphatic heterocycles. The molecule has 0 saturated carbocycles. The molecular weight excluding hydrogens is 639 g/mol. The van der Waals surface area contributed by atoms with Gasteiger partial charge in [0.1, 0.15) is 0 Å². The first kappa shape index (κ1) is 50.4. The van der Waals surface area contributed by atoms with Crippen LogP contribution in [0.5, 0.6) is 0 Å². The van der Waals surface area contributed by atoms with Crippen molar-refractivity contribution in [1.82, 2.24) is 5.32 Å². The lowest BCUT2D eigenvalue weighted by Crippen LogP contribution is -2.45. The van der Waals surface area contributed by atoms with Crippen LogP contribution >= 0.6 is 0 Å². The van der Waals surface area contributed by atoms with E-state index in [9.17, 15) is 15.0 Å². The zero-order chi connectivity index (χ0) is 37.8. The maximum Gasteiger partial charge on any atom is 0.220 e. The highest BCUT2D eigenvalue weighted by molar-refractivity contribution is 5.76. The lowest BCUT2D eigenvalue weighted by molar-refractivity contribution is -0.123. The Morgan fingerprint density at radius 3 is 1.12 bits per heavy atom. The summed E-state index contributed by atoms with van der Waals surface area (Å²) in [7, 11) is 0. The first-order chi connectivity index (χ1) is 25.7. The topological polar surface area (TPSA) is 69.6 Å². The smallest absolute Gasteiger partial charge is 0.220 e. The molecule has 0 rings (SSSR count). The molecule has 4 nitrogen and oxygen atoms in total. The summed E-state index contributed by atoms with van der Waals surface area (Å²) in [5.74, 6) is -0.0824. The van der Waals surface area contributed by atoms with Gasteiger partial charge in [-0.2, -0.15) is 0 Å². The van der Waals surface area contributed by atoms with Gasteiger partial charge in [0, 0.05) is 6.42 Å². The Labute approximate surface area is 324 Å². The van der Waals surface area contributed by atoms with Crippen molar-refractivity contribution < 1.29 is 15.0 Å². The molecule has 0 fully saturated rings. The average molecular weight is 728 g/mol. The van der Waals surface area contributed by atoms with Crippen LogP contribution < -0.4 is 5.32 Å². The van der Waals surface area contributed by atoms with Gasteiger partial charge in [-0.3, -0.25) is 4.79 Å². The number of aliphatic hydroxyl groups is 2. The third kappa shape index (κ3) is 39.6. The highest BCUT2D eigenvalue weighted by Gasteiger charge is 2.17. The van der Waals surface area contributed by atoms with Crippen LogP contribution in [0.25, 0.3) is 0 Å². The van der Waals surface area contributed by atoms with Gasteiger partial charge in [-0.25, -0.2) is 0 Å². The van der Waals surface area contributed by atoms with Crippen LogP contribution in [0, 0.1) is 0 Å². The molecule has 304 valence electrons. The fraction of sp³-hybridized carbons (Fsp3) is 0.812. The SMILES string of the molecule is CCCCCCCCCC/C=C\CCCCCCCCCC(=O)NC(CO)C(O)/C=C/CC/C=C/CC/C=C/CCCCCCCCCCCCC. The maximum atomic E-state index is 12.4. The number of hydrogen-bond donors (Lipinski definition) is 3. The first-order valence-electron chi connectivity index (χ1n) is 22.9. The van der Waals surface area contributed by atoms with E-state index in [1.54, 1.807) is 6.08 Å². The van der Waals surface area contributed by atoms with Crippen molar-refractivity contribution in [3.63, 3.8) is 0 Å². The highest BCUT2D eigenvalue weighted by atomic mass is 16.3. The van der Waals surface area contributed by atoms with Crippen molar-refractivity contribution in [2.24, 2.45) is 0 Å². The molecule has 2 atom stereocenters. The normalized spacial score (nSPS) is 13.4. The number of amides is 1. The predicted octanol–water partition coefficient (Wildman–Crippen LogP) is 14.4. The van der Waals surface area contributed by atoms with Crippen LogP contribution in [0.1, 0.15) is 232 Å². The van der Waals surface area contributed by atoms with Crippen molar-refractivity contribution in [2.75, 3.05) is 6.61 Å². The van der Waals surface area contributed by atoms with E-state index in [1.165, 1.54) is 173 Å². The molecule has 0 saturated heterocycles. The average Bonchev–Trinajstić information content (AvgIpc) is 3.15. The Bertz CT molecular complexity index is 831. The Balaban J connectivity index is 3.64. The number of hydrogen-bond acceptors (Lipinski definition) is 3. The molecule has 0 aromatic heterocycles. The first-order valence-corrected chi connectivity index (χ1v) is 22.9. The van der Waals surface area contributed by atoms with Gasteiger partial charge < -0.3 is 15.5 Å². The molecule has 0 aromatic carbocycles. The number of rotatable bonds is 41. The van der Waals surface area contributed by atoms with Gasteiger partial charge >= 0.3 is 0 Å². The number of aliphatic hydroxyl groups excluding tert-OH is 2. The Kier molecular flexibility index (Phi) is 42.4. The summed E-state index contributed by atoms with van der Waals surface area (Å²) in [5.41, 5.74) is 0. The van der Waals surface area contributed by atoms with Crippen LogP contribution in [0.2, 0.25) is 0 Å². The van der Waals surface area contributed by atoms with Gasteiger partial charge in [0.25, 0.3) is 0 Å². The largest absolute Gasteiger partial charge is 0.394 e. The molecule has 0 spiro atoms. The molecule has 1 amide bonds. The molecule has 0 aliphatic carbocycles. The summed E-state index contributed by atoms with van der Waals surface area (Å²) in [6, 6.07) is -0.648. The van der Waals surface area contributed by atoms with Crippen LogP contribution in [0.4, 0.5) is 0 Å². The third-order valence-electron chi connectivity index (χ3n) is 10.3. The Hall–Kier alpha value is -1.65. The molecule has 3 N–H and O–H groups in total. The van der Waals surface area contributed by atoms with Gasteiger partial charge in [-0.1, -0.05) is 204 Å². The zero-order valence-electron chi connectivity index (χ0n) is 34.8. The summed E-state index contributed by atoms with van der Waals surface area (Å²) in [6.45, 7) is 4.30. The van der Waals surface area contributed by atoms with E-state index in [4.69, 9.17) is 0 Å². The predicted molar refractivity (Wildman–Crippen MR) is 230 cm³/mol. The molecule has 2 unspecified atom stereocenters. The molecule has 0 bridgehead atoms. The summed E-state index contributed by atoms with van der Waals surface area (Å²) in [6.07, 6.45) is 59.4. The molecule has 0 aliphatic rings. The minimum atomic E-state index is -0.872. The molecule has 0 heterocycles. The summed E-state index contributed by atoms with van der Waals surface area (Å²) >= 11 is 0. The van der Waals surface area contributed by atoms with Crippen LogP contribution in [-0.2, 0) is 4.79 Å². The van der Waals surface area contributed by atoms with E-state index in [0.717, 1.165) is 38.5 Å². The van der Waals surface area contributed by atoms with Gasteiger partial charge in [0.2, 0.25) is 5.91 Å². The fourth-order valence-electron chi connectivity index (χ4n) is 6.73. The van der Waals surface area contributed by atoms with E-state index in [2.05, 4.69) is 55.6 Å². The van der Waals surface area contributed by atoms with Crippen LogP contribution in [0.15, 0.2) is 48.6 Å². The zero-order valence-corrected chi connectivity index (χ0v) is 34.8. The summed E-state index contributed by atoms with van der Waals surface area (Å²) in [4.78, 5) is 12.4. The Morgan fingerprint density at radius 2 is 0.750 bits per heavy atom. The molecule has 0 aromatic rings. The third-order valence-corrected chi connectivity index (χ3v) is 10.3. The number of carbonyl (C=O) groups is 1. The minimum absolute atomic E-state index is 0.0824. The second kappa shape index (κ2) is 43.8. The number of allylic oxidation sites excluding steroid dienone is 7. The van der Waals surface area contributed by atoms with Crippen molar-refractivity contribution in [3.8, 4) is 0 Å². The molecule has 4 heteroatoms. The van der Waals surface area contributed by atoms with Crippen molar-refractivity contribution in [2.45, 2.75) is 244 Å². The quantitative estimate of drug-likeness (QED) is 0.0434. The van der Waals surface area contributed by atoms with E-state index in [0.29, 0.717) is 6.42 Å². The minimum Gasteiger partial charge on any atom is -0.394 e. The Morgan fingerprint density at radius 1 is 0.442 bits per heavy atom. The number of unbranched alkanes of at least 4 members (excludes halogenated alkanes) is 28. The van der Waals surface area contributed by atoms with Crippen LogP contribution in [-0.4, -0.2) is 34.9 Å². The standard InChI is InChI=1S/C48H89NO3/c1-3-5-7-9-11-13-15-17-19-21-23-24-26-27-29-31-33-35-37-39-41-43-47(51)46(45-50)49-48(52)44-42-40-38-36-34-32-30-28-25-22-20-18-16-14-12-10-8-6-4-2/h22,25-27,33,35,41,43,46-47,50-51H,3-21,23-24,28-32,34,36-40,42,44-45H2,1-2H3,(H,49,52)/b25-22-,27-26+,35-33+,43-41+. The monoisotopic (exact) mass is 728 g/mol. The highest BCUT2D eigenvalue weighted by Crippen LogP contribution is 2.14. The lowest BCUT2D eigenvalue weighted by atomic mass is 10.1. The summed E-state index contributed by atoms with van der Waals surface area (Å²) in [5, 5.41) is 23.0. The molecule has 52 heavy (non-hydrogen) atoms. The van der Waals surface area contributed by atoms with Gasteiger partial charge in [0.15, 0.2) is 0 Å².